The fourth-order valence-corrected chi connectivity index (χ4v) is 1.70. The lowest BCUT2D eigenvalue weighted by molar-refractivity contribution is 0.121. The van der Waals surface area contributed by atoms with Crippen LogP contribution in [0.1, 0.15) is 46.6 Å². The van der Waals surface area contributed by atoms with Gasteiger partial charge >= 0.3 is 0 Å². The summed E-state index contributed by atoms with van der Waals surface area (Å²) in [5.74, 6) is 1.57. The molecule has 0 saturated heterocycles. The van der Waals surface area contributed by atoms with Gasteiger partial charge < -0.3 is 19.9 Å². The van der Waals surface area contributed by atoms with Gasteiger partial charge in [-0.1, -0.05) is 13.0 Å². The Morgan fingerprint density at radius 2 is 1.95 bits per heavy atom. The van der Waals surface area contributed by atoms with Crippen LogP contribution in [0, 0.1) is 0 Å². The third-order valence-corrected chi connectivity index (χ3v) is 2.80. The molecule has 1 atom stereocenters. The summed E-state index contributed by atoms with van der Waals surface area (Å²) in [6.07, 6.45) is 0.477. The zero-order valence-electron chi connectivity index (χ0n) is 13.9. The second-order valence-electron chi connectivity index (χ2n) is 6.38. The number of hydrogen-bond donors (Lipinski definition) is 2. The van der Waals surface area contributed by atoms with Gasteiger partial charge in [-0.15, -0.1) is 0 Å². The standard InChI is InChI=1S/C17H29NO3/c1-6-9-20-15-8-7-14(11-18-17(3,4)5)16(10-15)21-12-13(2)19/h7-8,10,13,18-19H,6,9,11-12H2,1-5H3. The minimum Gasteiger partial charge on any atom is -0.493 e. The number of aliphatic hydroxyl groups excluding tert-OH is 1. The Bertz CT molecular complexity index is 425. The zero-order chi connectivity index (χ0) is 15.9. The van der Waals surface area contributed by atoms with E-state index in [1.807, 2.05) is 18.2 Å². The van der Waals surface area contributed by atoms with Gasteiger partial charge in [0, 0.05) is 23.7 Å². The van der Waals surface area contributed by atoms with Crippen LogP contribution in [0.3, 0.4) is 0 Å². The van der Waals surface area contributed by atoms with E-state index in [-0.39, 0.29) is 12.1 Å². The summed E-state index contributed by atoms with van der Waals surface area (Å²) in [6, 6.07) is 5.88. The van der Waals surface area contributed by atoms with E-state index in [0.717, 1.165) is 23.5 Å². The summed E-state index contributed by atoms with van der Waals surface area (Å²) >= 11 is 0. The Labute approximate surface area is 128 Å². The maximum absolute atomic E-state index is 9.40. The van der Waals surface area contributed by atoms with Gasteiger partial charge in [-0.25, -0.2) is 0 Å². The minimum atomic E-state index is -0.492. The molecule has 0 aliphatic heterocycles. The zero-order valence-corrected chi connectivity index (χ0v) is 13.9. The van der Waals surface area contributed by atoms with Crippen molar-refractivity contribution in [3.63, 3.8) is 0 Å². The topological polar surface area (TPSA) is 50.7 Å². The average molecular weight is 295 g/mol. The Kier molecular flexibility index (Phi) is 6.99. The van der Waals surface area contributed by atoms with Crippen LogP contribution in [0.5, 0.6) is 11.5 Å². The van der Waals surface area contributed by atoms with Gasteiger partial charge in [0.2, 0.25) is 0 Å². The summed E-state index contributed by atoms with van der Waals surface area (Å²) in [5, 5.41) is 12.8. The molecule has 0 fully saturated rings. The number of nitrogens with one attached hydrogen (secondary N) is 1. The second-order valence-corrected chi connectivity index (χ2v) is 6.38. The smallest absolute Gasteiger partial charge is 0.127 e. The van der Waals surface area contributed by atoms with Crippen molar-refractivity contribution >= 4 is 0 Å². The van der Waals surface area contributed by atoms with E-state index in [9.17, 15) is 5.11 Å². The first-order valence-corrected chi connectivity index (χ1v) is 7.63. The molecule has 1 unspecified atom stereocenters. The first-order valence-electron chi connectivity index (χ1n) is 7.63. The van der Waals surface area contributed by atoms with Gasteiger partial charge in [-0.05, 0) is 40.2 Å². The van der Waals surface area contributed by atoms with Gasteiger partial charge in [0.15, 0.2) is 0 Å². The first kappa shape index (κ1) is 17.8. The van der Waals surface area contributed by atoms with Gasteiger partial charge in [-0.3, -0.25) is 0 Å². The molecule has 1 rings (SSSR count). The highest BCUT2D eigenvalue weighted by atomic mass is 16.5. The third kappa shape index (κ3) is 7.34. The molecular formula is C17H29NO3. The number of rotatable bonds is 8. The first-order chi connectivity index (χ1) is 9.81. The molecule has 0 aromatic heterocycles. The number of benzene rings is 1. The molecule has 0 aliphatic carbocycles. The predicted molar refractivity (Wildman–Crippen MR) is 86.0 cm³/mol. The molecule has 0 aliphatic rings. The van der Waals surface area contributed by atoms with Crippen LogP contribution in [0.15, 0.2) is 18.2 Å². The summed E-state index contributed by atoms with van der Waals surface area (Å²) in [6.45, 7) is 11.9. The Balaban J connectivity index is 2.82. The van der Waals surface area contributed by atoms with Crippen molar-refractivity contribution in [1.82, 2.24) is 5.32 Å². The number of ether oxygens (including phenoxy) is 2. The molecule has 4 nitrogen and oxygen atoms in total. The van der Waals surface area contributed by atoms with Crippen LogP contribution < -0.4 is 14.8 Å². The second kappa shape index (κ2) is 8.25. The predicted octanol–water partition coefficient (Wildman–Crippen LogP) is 3.12. The summed E-state index contributed by atoms with van der Waals surface area (Å²) in [7, 11) is 0. The third-order valence-electron chi connectivity index (χ3n) is 2.80. The van der Waals surface area contributed by atoms with Crippen LogP contribution >= 0.6 is 0 Å². The van der Waals surface area contributed by atoms with Crippen molar-refractivity contribution in [2.75, 3.05) is 13.2 Å². The molecule has 1 aromatic carbocycles. The van der Waals surface area contributed by atoms with Crippen LogP contribution in [0.25, 0.3) is 0 Å². The average Bonchev–Trinajstić information content (AvgIpc) is 2.40. The van der Waals surface area contributed by atoms with E-state index < -0.39 is 6.10 Å². The summed E-state index contributed by atoms with van der Waals surface area (Å²) in [5.41, 5.74) is 1.10. The minimum absolute atomic E-state index is 0.0406. The number of aliphatic hydroxyl groups is 1. The van der Waals surface area contributed by atoms with Crippen molar-refractivity contribution in [1.29, 1.82) is 0 Å². The Hall–Kier alpha value is -1.26. The molecule has 1 aromatic rings. The van der Waals surface area contributed by atoms with E-state index >= 15 is 0 Å². The highest BCUT2D eigenvalue weighted by Crippen LogP contribution is 2.26. The Morgan fingerprint density at radius 1 is 1.24 bits per heavy atom. The monoisotopic (exact) mass is 295 g/mol. The largest absolute Gasteiger partial charge is 0.493 e. The van der Waals surface area contributed by atoms with E-state index in [1.54, 1.807) is 6.92 Å². The van der Waals surface area contributed by atoms with Gasteiger partial charge in [0.05, 0.1) is 12.7 Å². The van der Waals surface area contributed by atoms with Crippen molar-refractivity contribution in [3.8, 4) is 11.5 Å². The van der Waals surface area contributed by atoms with Crippen LogP contribution in [0.4, 0.5) is 0 Å². The molecule has 0 spiro atoms. The summed E-state index contributed by atoms with van der Waals surface area (Å²) < 4.78 is 11.4. The molecule has 0 amide bonds. The van der Waals surface area contributed by atoms with E-state index in [0.29, 0.717) is 13.2 Å². The molecule has 0 bridgehead atoms. The molecule has 21 heavy (non-hydrogen) atoms. The van der Waals surface area contributed by atoms with Crippen LogP contribution in [-0.2, 0) is 6.54 Å². The lowest BCUT2D eigenvalue weighted by Crippen LogP contribution is -2.35. The normalized spacial score (nSPS) is 13.0. The molecule has 0 heterocycles. The van der Waals surface area contributed by atoms with Crippen molar-refractivity contribution in [2.45, 2.75) is 59.2 Å². The van der Waals surface area contributed by atoms with Crippen molar-refractivity contribution in [3.05, 3.63) is 23.8 Å². The maximum Gasteiger partial charge on any atom is 0.127 e. The highest BCUT2D eigenvalue weighted by molar-refractivity contribution is 5.41. The van der Waals surface area contributed by atoms with Crippen LogP contribution in [-0.4, -0.2) is 30.0 Å². The fourth-order valence-electron chi connectivity index (χ4n) is 1.70. The van der Waals surface area contributed by atoms with Crippen molar-refractivity contribution in [2.24, 2.45) is 0 Å². The van der Waals surface area contributed by atoms with Gasteiger partial charge in [0.1, 0.15) is 18.1 Å². The van der Waals surface area contributed by atoms with Crippen LogP contribution in [0.2, 0.25) is 0 Å². The molecule has 0 saturated carbocycles. The summed E-state index contributed by atoms with van der Waals surface area (Å²) in [4.78, 5) is 0. The van der Waals surface area contributed by atoms with E-state index in [2.05, 4.69) is 33.0 Å². The molecule has 4 heteroatoms. The van der Waals surface area contributed by atoms with E-state index in [4.69, 9.17) is 9.47 Å². The molecule has 120 valence electrons. The molecular weight excluding hydrogens is 266 g/mol. The van der Waals surface area contributed by atoms with Gasteiger partial charge in [0.25, 0.3) is 0 Å². The van der Waals surface area contributed by atoms with E-state index in [1.165, 1.54) is 0 Å². The number of hydrogen-bond acceptors (Lipinski definition) is 4. The molecule has 2 N–H and O–H groups in total. The lowest BCUT2D eigenvalue weighted by Gasteiger charge is -2.22. The maximum atomic E-state index is 9.40. The van der Waals surface area contributed by atoms with Gasteiger partial charge in [-0.2, -0.15) is 0 Å². The van der Waals surface area contributed by atoms with Crippen molar-refractivity contribution < 1.29 is 14.6 Å². The lowest BCUT2D eigenvalue weighted by atomic mass is 10.1. The SMILES string of the molecule is CCCOc1ccc(CNC(C)(C)C)c(OCC(C)O)c1. The Morgan fingerprint density at radius 3 is 2.52 bits per heavy atom. The molecule has 0 radical (unpaired) electrons. The fraction of sp³-hybridized carbons (Fsp3) is 0.647. The quantitative estimate of drug-likeness (QED) is 0.773. The highest BCUT2D eigenvalue weighted by Gasteiger charge is 2.12.